The van der Waals surface area contributed by atoms with Gasteiger partial charge in [0, 0.05) is 19.3 Å². The van der Waals surface area contributed by atoms with Crippen molar-refractivity contribution in [2.45, 2.75) is 20.3 Å². The first-order chi connectivity index (χ1) is 10.2. The molecule has 2 aromatic rings. The number of likely N-dealkylation sites (N-methyl/N-ethyl adjacent to an activating group) is 1. The summed E-state index contributed by atoms with van der Waals surface area (Å²) in [7, 11) is 0. The molecule has 0 aliphatic heterocycles. The minimum atomic E-state index is -0.106. The normalized spacial score (nSPS) is 10.6. The number of nitrogens with zero attached hydrogens (tertiary/aromatic N) is 4. The molecule has 2 aromatic heterocycles. The van der Waals surface area contributed by atoms with Crippen LogP contribution in [0.15, 0.2) is 30.6 Å². The zero-order chi connectivity index (χ0) is 15.2. The summed E-state index contributed by atoms with van der Waals surface area (Å²) in [5.41, 5.74) is 1.40. The van der Waals surface area contributed by atoms with Gasteiger partial charge in [-0.05, 0) is 25.5 Å². The van der Waals surface area contributed by atoms with Crippen LogP contribution in [0, 0.1) is 0 Å². The van der Waals surface area contributed by atoms with Crippen molar-refractivity contribution in [1.82, 2.24) is 19.7 Å². The Morgan fingerprint density at radius 3 is 2.76 bits per heavy atom. The SMILES string of the molecule is CCc1c(C(=O)N(CC)CCO)cnn1-c1ccccn1. The Bertz CT molecular complexity index is 595. The fraction of sp³-hybridized carbons (Fsp3) is 0.400. The van der Waals surface area contributed by atoms with E-state index in [9.17, 15) is 4.79 Å². The average molecular weight is 288 g/mol. The van der Waals surface area contributed by atoms with Crippen LogP contribution in [0.3, 0.4) is 0 Å². The second-order valence-electron chi connectivity index (χ2n) is 4.57. The van der Waals surface area contributed by atoms with Gasteiger partial charge in [-0.2, -0.15) is 5.10 Å². The van der Waals surface area contributed by atoms with Crippen LogP contribution in [0.25, 0.3) is 5.82 Å². The molecule has 0 unspecified atom stereocenters. The van der Waals surface area contributed by atoms with E-state index in [0.717, 1.165) is 5.69 Å². The van der Waals surface area contributed by atoms with Gasteiger partial charge in [-0.15, -0.1) is 0 Å². The molecule has 2 rings (SSSR count). The van der Waals surface area contributed by atoms with Crippen molar-refractivity contribution in [3.8, 4) is 5.82 Å². The molecular formula is C15H20N4O2. The van der Waals surface area contributed by atoms with E-state index in [1.165, 1.54) is 0 Å². The van der Waals surface area contributed by atoms with E-state index in [-0.39, 0.29) is 12.5 Å². The fourth-order valence-electron chi connectivity index (χ4n) is 2.26. The lowest BCUT2D eigenvalue weighted by atomic mass is 10.1. The summed E-state index contributed by atoms with van der Waals surface area (Å²) >= 11 is 0. The summed E-state index contributed by atoms with van der Waals surface area (Å²) < 4.78 is 1.69. The van der Waals surface area contributed by atoms with Crippen molar-refractivity contribution in [2.75, 3.05) is 19.7 Å². The number of amides is 1. The molecule has 6 heteroatoms. The predicted octanol–water partition coefficient (Wildman–Crippen LogP) is 1.28. The number of aromatic nitrogens is 3. The molecule has 2 heterocycles. The van der Waals surface area contributed by atoms with Gasteiger partial charge in [0.1, 0.15) is 0 Å². The van der Waals surface area contributed by atoms with Crippen molar-refractivity contribution in [1.29, 1.82) is 0 Å². The molecule has 0 radical (unpaired) electrons. The number of aliphatic hydroxyl groups is 1. The summed E-state index contributed by atoms with van der Waals surface area (Å²) in [6, 6.07) is 5.57. The highest BCUT2D eigenvalue weighted by Crippen LogP contribution is 2.16. The maximum absolute atomic E-state index is 12.5. The number of carbonyl (C=O) groups excluding carboxylic acids is 1. The highest BCUT2D eigenvalue weighted by molar-refractivity contribution is 5.95. The topological polar surface area (TPSA) is 71.2 Å². The van der Waals surface area contributed by atoms with Crippen molar-refractivity contribution >= 4 is 5.91 Å². The van der Waals surface area contributed by atoms with Gasteiger partial charge in [0.25, 0.3) is 5.91 Å². The largest absolute Gasteiger partial charge is 0.395 e. The van der Waals surface area contributed by atoms with Crippen LogP contribution in [0.5, 0.6) is 0 Å². The van der Waals surface area contributed by atoms with Crippen LogP contribution >= 0.6 is 0 Å². The number of rotatable bonds is 6. The van der Waals surface area contributed by atoms with E-state index in [4.69, 9.17) is 5.11 Å². The zero-order valence-electron chi connectivity index (χ0n) is 12.4. The smallest absolute Gasteiger partial charge is 0.257 e. The fourth-order valence-corrected chi connectivity index (χ4v) is 2.26. The summed E-state index contributed by atoms with van der Waals surface area (Å²) in [5.74, 6) is 0.587. The molecule has 0 atom stereocenters. The summed E-state index contributed by atoms with van der Waals surface area (Å²) in [5, 5.41) is 13.3. The van der Waals surface area contributed by atoms with E-state index < -0.39 is 0 Å². The number of carbonyl (C=O) groups is 1. The Hall–Kier alpha value is -2.21. The van der Waals surface area contributed by atoms with Crippen molar-refractivity contribution in [3.05, 3.63) is 41.9 Å². The summed E-state index contributed by atoms with van der Waals surface area (Å²) in [4.78, 5) is 18.4. The van der Waals surface area contributed by atoms with E-state index in [1.54, 1.807) is 22.0 Å². The second kappa shape index (κ2) is 6.99. The molecule has 0 spiro atoms. The quantitative estimate of drug-likeness (QED) is 0.869. The first-order valence-electron chi connectivity index (χ1n) is 7.11. The van der Waals surface area contributed by atoms with Gasteiger partial charge in [-0.1, -0.05) is 13.0 Å². The predicted molar refractivity (Wildman–Crippen MR) is 79.4 cm³/mol. The molecular weight excluding hydrogens is 268 g/mol. The Kier molecular flexibility index (Phi) is 5.05. The second-order valence-corrected chi connectivity index (χ2v) is 4.57. The van der Waals surface area contributed by atoms with Gasteiger partial charge < -0.3 is 10.0 Å². The molecule has 112 valence electrons. The maximum Gasteiger partial charge on any atom is 0.257 e. The van der Waals surface area contributed by atoms with E-state index in [0.29, 0.717) is 30.9 Å². The monoisotopic (exact) mass is 288 g/mol. The van der Waals surface area contributed by atoms with E-state index >= 15 is 0 Å². The first kappa shape index (κ1) is 15.2. The summed E-state index contributed by atoms with van der Waals surface area (Å²) in [6.45, 7) is 4.71. The molecule has 0 aromatic carbocycles. The van der Waals surface area contributed by atoms with E-state index in [2.05, 4.69) is 10.1 Å². The number of pyridine rings is 1. The zero-order valence-corrected chi connectivity index (χ0v) is 12.4. The lowest BCUT2D eigenvalue weighted by Crippen LogP contribution is -2.33. The van der Waals surface area contributed by atoms with Gasteiger partial charge in [0.2, 0.25) is 0 Å². The van der Waals surface area contributed by atoms with Crippen LogP contribution in [0.4, 0.5) is 0 Å². The van der Waals surface area contributed by atoms with Crippen molar-refractivity contribution < 1.29 is 9.90 Å². The molecule has 0 saturated carbocycles. The minimum absolute atomic E-state index is 0.0462. The van der Waals surface area contributed by atoms with Crippen LogP contribution in [-0.2, 0) is 6.42 Å². The maximum atomic E-state index is 12.5. The molecule has 0 fully saturated rings. The van der Waals surface area contributed by atoms with Gasteiger partial charge in [-0.3, -0.25) is 4.79 Å². The Labute approximate surface area is 124 Å². The first-order valence-corrected chi connectivity index (χ1v) is 7.11. The molecule has 0 bridgehead atoms. The molecule has 1 N–H and O–H groups in total. The van der Waals surface area contributed by atoms with Crippen LogP contribution in [-0.4, -0.2) is 50.4 Å². The third kappa shape index (κ3) is 3.11. The Morgan fingerprint density at radius 1 is 1.38 bits per heavy atom. The highest BCUT2D eigenvalue weighted by atomic mass is 16.3. The third-order valence-corrected chi connectivity index (χ3v) is 3.34. The number of aliphatic hydroxyl groups excluding tert-OH is 1. The number of hydrogen-bond acceptors (Lipinski definition) is 4. The standard InChI is InChI=1S/C15H20N4O2/c1-3-13-12(15(21)18(4-2)9-10-20)11-17-19(13)14-7-5-6-8-16-14/h5-8,11,20H,3-4,9-10H2,1-2H3. The van der Waals surface area contributed by atoms with Crippen LogP contribution in [0.1, 0.15) is 29.9 Å². The van der Waals surface area contributed by atoms with E-state index in [1.807, 2.05) is 32.0 Å². The van der Waals surface area contributed by atoms with Gasteiger partial charge in [-0.25, -0.2) is 9.67 Å². The van der Waals surface area contributed by atoms with Crippen LogP contribution < -0.4 is 0 Å². The lowest BCUT2D eigenvalue weighted by molar-refractivity contribution is 0.0731. The van der Waals surface area contributed by atoms with Crippen molar-refractivity contribution in [3.63, 3.8) is 0 Å². The molecule has 6 nitrogen and oxygen atoms in total. The van der Waals surface area contributed by atoms with Crippen LogP contribution in [0.2, 0.25) is 0 Å². The average Bonchev–Trinajstić information content (AvgIpc) is 2.96. The van der Waals surface area contributed by atoms with Crippen molar-refractivity contribution in [2.24, 2.45) is 0 Å². The lowest BCUT2D eigenvalue weighted by Gasteiger charge is -2.19. The highest BCUT2D eigenvalue weighted by Gasteiger charge is 2.21. The third-order valence-electron chi connectivity index (χ3n) is 3.34. The molecule has 0 aliphatic rings. The number of hydrogen-bond donors (Lipinski definition) is 1. The molecule has 0 saturated heterocycles. The molecule has 21 heavy (non-hydrogen) atoms. The molecule has 1 amide bonds. The Balaban J connectivity index is 2.38. The van der Waals surface area contributed by atoms with Gasteiger partial charge >= 0.3 is 0 Å². The van der Waals surface area contributed by atoms with Gasteiger partial charge in [0.15, 0.2) is 5.82 Å². The van der Waals surface area contributed by atoms with Gasteiger partial charge in [0.05, 0.1) is 24.1 Å². The molecule has 0 aliphatic carbocycles. The summed E-state index contributed by atoms with van der Waals surface area (Å²) in [6.07, 6.45) is 3.95. The Morgan fingerprint density at radius 2 is 2.19 bits per heavy atom. The minimum Gasteiger partial charge on any atom is -0.395 e.